The molecule has 8 heteroatoms. The van der Waals surface area contributed by atoms with Crippen LogP contribution in [0.15, 0.2) is 73.8 Å². The molecule has 2 bridgehead atoms. The number of rotatable bonds is 13. The zero-order valence-corrected chi connectivity index (χ0v) is 28.8. The largest absolute Gasteiger partial charge is 0.394 e. The summed E-state index contributed by atoms with van der Waals surface area (Å²) in [6.45, 7) is 18.9. The number of benzene rings is 2. The first kappa shape index (κ1) is 34.0. The Morgan fingerprint density at radius 1 is 1.07 bits per heavy atom. The number of carbonyl (C=O) groups is 3. The molecule has 3 aliphatic rings. The number of hydrogen-bond donors (Lipinski definition) is 1. The second-order valence-electron chi connectivity index (χ2n) is 14.0. The molecule has 3 saturated heterocycles. The first-order valence-corrected chi connectivity index (χ1v) is 17.3. The van der Waals surface area contributed by atoms with Crippen molar-refractivity contribution in [3.8, 4) is 0 Å². The number of anilines is 1. The average molecular weight is 644 g/mol. The fourth-order valence-electron chi connectivity index (χ4n) is 8.22. The van der Waals surface area contributed by atoms with Crippen LogP contribution in [0.3, 0.4) is 0 Å². The van der Waals surface area contributed by atoms with Gasteiger partial charge in [0.25, 0.3) is 5.91 Å². The molecule has 246 valence electrons. The van der Waals surface area contributed by atoms with Crippen molar-refractivity contribution >= 4 is 35.2 Å². The third-order valence-corrected chi connectivity index (χ3v) is 12.2. The van der Waals surface area contributed by atoms with Crippen molar-refractivity contribution in [2.45, 2.75) is 82.0 Å². The SMILES string of the molecule is C=CCN(Cc1ccccc1)C(=O)[C@H]1[C@H]2C(=O)N([C@@H](CO)CC(C)C)C(C(=O)N(CC=C)c3cc(C)ccc3C)C23CC[C@]1(C)S3. The topological polar surface area (TPSA) is 81.2 Å². The highest BCUT2D eigenvalue weighted by Crippen LogP contribution is 2.72. The van der Waals surface area contributed by atoms with Crippen LogP contribution in [0.4, 0.5) is 5.69 Å². The summed E-state index contributed by atoms with van der Waals surface area (Å²) in [6, 6.07) is 14.5. The molecule has 2 unspecified atom stereocenters. The van der Waals surface area contributed by atoms with Crippen LogP contribution in [-0.2, 0) is 20.9 Å². The number of likely N-dealkylation sites (tertiary alicyclic amines) is 1. The molecular formula is C38H49N3O4S. The Labute approximate surface area is 278 Å². The van der Waals surface area contributed by atoms with Gasteiger partial charge >= 0.3 is 0 Å². The van der Waals surface area contributed by atoms with Gasteiger partial charge in [-0.15, -0.1) is 24.9 Å². The summed E-state index contributed by atoms with van der Waals surface area (Å²) >= 11 is 1.67. The van der Waals surface area contributed by atoms with Crippen LogP contribution in [0.1, 0.15) is 56.7 Å². The number of hydrogen-bond acceptors (Lipinski definition) is 5. The van der Waals surface area contributed by atoms with Crippen LogP contribution >= 0.6 is 11.8 Å². The van der Waals surface area contributed by atoms with E-state index in [1.165, 1.54) is 0 Å². The highest BCUT2D eigenvalue weighted by Gasteiger charge is 2.78. The second kappa shape index (κ2) is 13.4. The van der Waals surface area contributed by atoms with Crippen LogP contribution in [0.25, 0.3) is 0 Å². The molecule has 6 atom stereocenters. The van der Waals surface area contributed by atoms with Crippen molar-refractivity contribution in [2.75, 3.05) is 24.6 Å². The van der Waals surface area contributed by atoms with E-state index in [9.17, 15) is 14.7 Å². The minimum Gasteiger partial charge on any atom is -0.394 e. The Morgan fingerprint density at radius 3 is 2.39 bits per heavy atom. The third kappa shape index (κ3) is 5.83. The van der Waals surface area contributed by atoms with Crippen LogP contribution in [-0.4, -0.2) is 73.9 Å². The van der Waals surface area contributed by atoms with Gasteiger partial charge in [0.15, 0.2) is 0 Å². The molecule has 3 fully saturated rings. The summed E-state index contributed by atoms with van der Waals surface area (Å²) < 4.78 is -1.30. The van der Waals surface area contributed by atoms with Crippen LogP contribution in [0.5, 0.6) is 0 Å². The standard InChI is InChI=1S/C38H49N3O4S/c1-8-19-39(23-28-13-11-10-12-14-28)34(43)31-32-35(44)41(29(24-42)21-25(3)4)33(38(32)18-17-37(31,7)46-38)36(45)40(20-9-2)30-22-26(5)15-16-27(30)6/h8-16,22,25,29,31-33,42H,1-2,17-21,23-24H2,3-7H3/t29-,31-,32+,33?,37+,38?/m1/s1. The number of aliphatic hydroxyl groups excluding tert-OH is 1. The smallest absolute Gasteiger partial charge is 0.251 e. The summed E-state index contributed by atoms with van der Waals surface area (Å²) in [5.41, 5.74) is 3.78. The van der Waals surface area contributed by atoms with E-state index in [4.69, 9.17) is 0 Å². The average Bonchev–Trinajstić information content (AvgIpc) is 3.60. The fraction of sp³-hybridized carbons (Fsp3) is 0.500. The van der Waals surface area contributed by atoms with Gasteiger partial charge in [-0.1, -0.05) is 68.5 Å². The van der Waals surface area contributed by atoms with Crippen molar-refractivity contribution < 1.29 is 19.5 Å². The first-order chi connectivity index (χ1) is 21.9. The lowest BCUT2D eigenvalue weighted by molar-refractivity contribution is -0.147. The van der Waals surface area contributed by atoms with E-state index >= 15 is 4.79 Å². The summed E-state index contributed by atoms with van der Waals surface area (Å²) in [6.07, 6.45) is 5.38. The number of aryl methyl sites for hydroxylation is 2. The number of aliphatic hydroxyl groups is 1. The molecule has 0 radical (unpaired) electrons. The molecule has 1 N–H and O–H groups in total. The third-order valence-electron chi connectivity index (χ3n) is 10.2. The molecule has 46 heavy (non-hydrogen) atoms. The summed E-state index contributed by atoms with van der Waals surface area (Å²) in [5.74, 6) is -1.53. The molecule has 0 saturated carbocycles. The zero-order chi connectivity index (χ0) is 33.4. The monoisotopic (exact) mass is 643 g/mol. The molecule has 3 aliphatic heterocycles. The van der Waals surface area contributed by atoms with Crippen molar-refractivity contribution in [3.63, 3.8) is 0 Å². The Morgan fingerprint density at radius 2 is 1.76 bits per heavy atom. The number of nitrogens with zero attached hydrogens (tertiary/aromatic N) is 3. The maximum absolute atomic E-state index is 15.1. The lowest BCUT2D eigenvalue weighted by Gasteiger charge is -2.40. The Bertz CT molecular complexity index is 1490. The number of thioether (sulfide) groups is 1. The summed E-state index contributed by atoms with van der Waals surface area (Å²) in [4.78, 5) is 50.0. The highest BCUT2D eigenvalue weighted by molar-refractivity contribution is 8.02. The molecule has 7 nitrogen and oxygen atoms in total. The molecule has 3 amide bonds. The van der Waals surface area contributed by atoms with E-state index < -0.39 is 33.4 Å². The quantitative estimate of drug-likeness (QED) is 0.274. The predicted octanol–water partition coefficient (Wildman–Crippen LogP) is 5.93. The Kier molecular flexibility index (Phi) is 9.90. The van der Waals surface area contributed by atoms with Gasteiger partial charge in [-0.2, -0.15) is 0 Å². The van der Waals surface area contributed by atoms with Gasteiger partial charge < -0.3 is 19.8 Å². The van der Waals surface area contributed by atoms with Crippen LogP contribution in [0.2, 0.25) is 0 Å². The molecule has 3 heterocycles. The Hall–Kier alpha value is -3.36. The molecule has 0 aliphatic carbocycles. The summed E-state index contributed by atoms with van der Waals surface area (Å²) in [5, 5.41) is 10.7. The van der Waals surface area contributed by atoms with Crippen molar-refractivity contribution in [1.82, 2.24) is 9.80 Å². The lowest BCUT2D eigenvalue weighted by Crippen LogP contribution is -2.58. The van der Waals surface area contributed by atoms with Crippen molar-refractivity contribution in [1.29, 1.82) is 0 Å². The predicted molar refractivity (Wildman–Crippen MR) is 186 cm³/mol. The van der Waals surface area contributed by atoms with Gasteiger partial charge in [-0.3, -0.25) is 14.4 Å². The highest BCUT2D eigenvalue weighted by atomic mass is 32.2. The number of carbonyl (C=O) groups excluding carboxylic acids is 3. The van der Waals surface area contributed by atoms with E-state index in [-0.39, 0.29) is 36.8 Å². The van der Waals surface area contributed by atoms with Crippen molar-refractivity contribution in [3.05, 3.63) is 90.5 Å². The van der Waals surface area contributed by atoms with Gasteiger partial charge in [-0.05, 0) is 68.7 Å². The van der Waals surface area contributed by atoms with Crippen LogP contribution < -0.4 is 4.90 Å². The van der Waals surface area contributed by atoms with E-state index in [2.05, 4.69) is 33.9 Å². The minimum absolute atomic E-state index is 0.0754. The molecule has 2 aromatic carbocycles. The molecule has 0 aromatic heterocycles. The van der Waals surface area contributed by atoms with Crippen molar-refractivity contribution in [2.24, 2.45) is 17.8 Å². The molecule has 1 spiro atoms. The van der Waals surface area contributed by atoms with Crippen LogP contribution in [0, 0.1) is 31.6 Å². The zero-order valence-electron chi connectivity index (χ0n) is 27.9. The first-order valence-electron chi connectivity index (χ1n) is 16.5. The van der Waals surface area contributed by atoms with E-state index in [0.717, 1.165) is 28.8 Å². The van der Waals surface area contributed by atoms with Gasteiger partial charge in [0, 0.05) is 30.1 Å². The van der Waals surface area contributed by atoms with E-state index in [1.807, 2.05) is 62.4 Å². The molecular weight excluding hydrogens is 595 g/mol. The normalized spacial score (nSPS) is 27.1. The fourth-order valence-corrected chi connectivity index (χ4v) is 10.5. The minimum atomic E-state index is -0.827. The molecule has 5 rings (SSSR count). The van der Waals surface area contributed by atoms with Gasteiger partial charge in [0.1, 0.15) is 6.04 Å². The number of amides is 3. The van der Waals surface area contributed by atoms with Gasteiger partial charge in [0.2, 0.25) is 11.8 Å². The maximum Gasteiger partial charge on any atom is 0.251 e. The van der Waals surface area contributed by atoms with E-state index in [0.29, 0.717) is 25.9 Å². The summed E-state index contributed by atoms with van der Waals surface area (Å²) in [7, 11) is 0. The molecule has 2 aromatic rings. The van der Waals surface area contributed by atoms with Gasteiger partial charge in [-0.25, -0.2) is 0 Å². The second-order valence-corrected chi connectivity index (χ2v) is 15.9. The Balaban J connectivity index is 1.62. The van der Waals surface area contributed by atoms with Gasteiger partial charge in [0.05, 0.1) is 29.2 Å². The lowest BCUT2D eigenvalue weighted by atomic mass is 9.66. The number of fused-ring (bicyclic) bond motifs is 1. The van der Waals surface area contributed by atoms with E-state index in [1.54, 1.807) is 38.6 Å². The maximum atomic E-state index is 15.1.